The van der Waals surface area contributed by atoms with Gasteiger partial charge in [0.25, 0.3) is 11.8 Å². The van der Waals surface area contributed by atoms with Crippen LogP contribution in [-0.2, 0) is 4.79 Å². The fraction of sp³-hybridized carbons (Fsp3) is 0.417. The summed E-state index contributed by atoms with van der Waals surface area (Å²) in [5, 5.41) is 6.64. The summed E-state index contributed by atoms with van der Waals surface area (Å²) >= 11 is 6.07. The van der Waals surface area contributed by atoms with Gasteiger partial charge in [-0.2, -0.15) is 0 Å². The second kappa shape index (κ2) is 10.5. The second-order valence-corrected chi connectivity index (χ2v) is 8.18. The van der Waals surface area contributed by atoms with Gasteiger partial charge in [-0.15, -0.1) is 0 Å². The number of hydrogen-bond acceptors (Lipinski definition) is 3. The lowest BCUT2D eigenvalue weighted by Crippen LogP contribution is -2.37. The standard InChI is InChI=1S/C24H29ClN2O3/c1-3-22(30-18-13-14-20(25)16(2)15-18)24(29)27-21-12-8-7-11-19(21)23(28)26-17-9-5-4-6-10-17/h7-8,11-15,17,22H,3-6,9-10H2,1-2H3,(H,26,28)(H,27,29)/t22-/m1/s1. The summed E-state index contributed by atoms with van der Waals surface area (Å²) < 4.78 is 5.88. The Hall–Kier alpha value is -2.53. The summed E-state index contributed by atoms with van der Waals surface area (Å²) in [7, 11) is 0. The molecule has 0 spiro atoms. The molecule has 0 bridgehead atoms. The van der Waals surface area contributed by atoms with Crippen LogP contribution in [0.3, 0.4) is 0 Å². The smallest absolute Gasteiger partial charge is 0.265 e. The van der Waals surface area contributed by atoms with Gasteiger partial charge in [0, 0.05) is 11.1 Å². The molecular formula is C24H29ClN2O3. The first kappa shape index (κ1) is 22.2. The summed E-state index contributed by atoms with van der Waals surface area (Å²) in [5.41, 5.74) is 1.84. The molecule has 1 fully saturated rings. The summed E-state index contributed by atoms with van der Waals surface area (Å²) in [6.45, 7) is 3.77. The highest BCUT2D eigenvalue weighted by Gasteiger charge is 2.22. The quantitative estimate of drug-likeness (QED) is 0.611. The van der Waals surface area contributed by atoms with Crippen molar-refractivity contribution in [3.05, 3.63) is 58.6 Å². The van der Waals surface area contributed by atoms with Crippen LogP contribution in [-0.4, -0.2) is 24.0 Å². The molecule has 1 aliphatic rings. The van der Waals surface area contributed by atoms with Gasteiger partial charge in [0.05, 0.1) is 11.3 Å². The van der Waals surface area contributed by atoms with E-state index in [-0.39, 0.29) is 17.9 Å². The number of benzene rings is 2. The molecule has 30 heavy (non-hydrogen) atoms. The summed E-state index contributed by atoms with van der Waals surface area (Å²) in [4.78, 5) is 25.7. The maximum atomic E-state index is 12.9. The zero-order valence-electron chi connectivity index (χ0n) is 17.5. The first-order valence-corrected chi connectivity index (χ1v) is 11.0. The molecule has 0 saturated heterocycles. The number of aryl methyl sites for hydroxylation is 1. The molecule has 0 aliphatic heterocycles. The number of carbonyl (C=O) groups is 2. The lowest BCUT2D eigenvalue weighted by Gasteiger charge is -2.23. The van der Waals surface area contributed by atoms with Crippen LogP contribution < -0.4 is 15.4 Å². The molecule has 2 aromatic carbocycles. The minimum absolute atomic E-state index is 0.153. The molecule has 2 N–H and O–H groups in total. The molecule has 2 amide bonds. The van der Waals surface area contributed by atoms with Gasteiger partial charge in [0.15, 0.2) is 6.10 Å². The van der Waals surface area contributed by atoms with E-state index in [0.29, 0.717) is 28.4 Å². The zero-order chi connectivity index (χ0) is 21.5. The Balaban J connectivity index is 1.68. The van der Waals surface area contributed by atoms with Crippen LogP contribution in [0.5, 0.6) is 5.75 Å². The van der Waals surface area contributed by atoms with Gasteiger partial charge in [0.1, 0.15) is 5.75 Å². The highest BCUT2D eigenvalue weighted by molar-refractivity contribution is 6.31. The molecule has 6 heteroatoms. The number of nitrogens with one attached hydrogen (secondary N) is 2. The van der Waals surface area contributed by atoms with E-state index in [1.807, 2.05) is 19.9 Å². The van der Waals surface area contributed by atoms with Crippen molar-refractivity contribution in [2.24, 2.45) is 0 Å². The largest absolute Gasteiger partial charge is 0.481 e. The molecular weight excluding hydrogens is 400 g/mol. The van der Waals surface area contributed by atoms with Gasteiger partial charge in [-0.25, -0.2) is 0 Å². The van der Waals surface area contributed by atoms with Crippen LogP contribution in [0, 0.1) is 6.92 Å². The Morgan fingerprint density at radius 3 is 2.57 bits per heavy atom. The van der Waals surface area contributed by atoms with Gasteiger partial charge in [-0.1, -0.05) is 49.9 Å². The van der Waals surface area contributed by atoms with Crippen molar-refractivity contribution in [2.75, 3.05) is 5.32 Å². The van der Waals surface area contributed by atoms with E-state index in [1.54, 1.807) is 36.4 Å². The third kappa shape index (κ3) is 5.76. The van der Waals surface area contributed by atoms with Crippen LogP contribution in [0.1, 0.15) is 61.4 Å². The lowest BCUT2D eigenvalue weighted by atomic mass is 9.95. The number of carbonyl (C=O) groups excluding carboxylic acids is 2. The van der Waals surface area contributed by atoms with Crippen LogP contribution in [0.15, 0.2) is 42.5 Å². The molecule has 1 aliphatic carbocycles. The SMILES string of the molecule is CC[C@@H](Oc1ccc(Cl)c(C)c1)C(=O)Nc1ccccc1C(=O)NC1CCCCC1. The third-order valence-electron chi connectivity index (χ3n) is 5.44. The summed E-state index contributed by atoms with van der Waals surface area (Å²) in [6.07, 6.45) is 5.33. The molecule has 0 aromatic heterocycles. The highest BCUT2D eigenvalue weighted by atomic mass is 35.5. The molecule has 3 rings (SSSR count). The number of amides is 2. The molecule has 0 unspecified atom stereocenters. The Kier molecular flexibility index (Phi) is 7.75. The molecule has 0 heterocycles. The first-order chi connectivity index (χ1) is 14.5. The van der Waals surface area contributed by atoms with Crippen LogP contribution in [0.25, 0.3) is 0 Å². The van der Waals surface area contributed by atoms with Gasteiger partial charge < -0.3 is 15.4 Å². The zero-order valence-corrected chi connectivity index (χ0v) is 18.3. The van der Waals surface area contributed by atoms with Crippen molar-refractivity contribution in [3.63, 3.8) is 0 Å². The fourth-order valence-corrected chi connectivity index (χ4v) is 3.81. The average molecular weight is 429 g/mol. The monoisotopic (exact) mass is 428 g/mol. The predicted octanol–water partition coefficient (Wildman–Crippen LogP) is 5.51. The van der Waals surface area contributed by atoms with Crippen molar-refractivity contribution in [1.82, 2.24) is 5.32 Å². The molecule has 1 atom stereocenters. The average Bonchev–Trinajstić information content (AvgIpc) is 2.75. The van der Waals surface area contributed by atoms with Gasteiger partial charge in [-0.3, -0.25) is 9.59 Å². The molecule has 1 saturated carbocycles. The molecule has 5 nitrogen and oxygen atoms in total. The number of ether oxygens (including phenoxy) is 1. The first-order valence-electron chi connectivity index (χ1n) is 10.6. The van der Waals surface area contributed by atoms with Crippen LogP contribution in [0.4, 0.5) is 5.69 Å². The van der Waals surface area contributed by atoms with E-state index in [4.69, 9.17) is 16.3 Å². The van der Waals surface area contributed by atoms with E-state index >= 15 is 0 Å². The Morgan fingerprint density at radius 1 is 1.13 bits per heavy atom. The maximum absolute atomic E-state index is 12.9. The van der Waals surface area contributed by atoms with Crippen molar-refractivity contribution in [2.45, 2.75) is 64.5 Å². The fourth-order valence-electron chi connectivity index (χ4n) is 3.69. The maximum Gasteiger partial charge on any atom is 0.265 e. The highest BCUT2D eigenvalue weighted by Crippen LogP contribution is 2.24. The van der Waals surface area contributed by atoms with Gasteiger partial charge in [0.2, 0.25) is 0 Å². The Morgan fingerprint density at radius 2 is 1.87 bits per heavy atom. The normalized spacial score (nSPS) is 15.3. The molecule has 160 valence electrons. The van der Waals surface area contributed by atoms with E-state index in [9.17, 15) is 9.59 Å². The van der Waals surface area contributed by atoms with Crippen LogP contribution >= 0.6 is 11.6 Å². The minimum Gasteiger partial charge on any atom is -0.481 e. The van der Waals surface area contributed by atoms with Crippen molar-refractivity contribution >= 4 is 29.1 Å². The number of anilines is 1. The van der Waals surface area contributed by atoms with E-state index in [0.717, 1.165) is 31.2 Å². The number of halogens is 1. The Bertz CT molecular complexity index is 894. The topological polar surface area (TPSA) is 67.4 Å². The molecule has 0 radical (unpaired) electrons. The van der Waals surface area contributed by atoms with E-state index < -0.39 is 6.10 Å². The van der Waals surface area contributed by atoms with Crippen LogP contribution in [0.2, 0.25) is 5.02 Å². The van der Waals surface area contributed by atoms with Crippen molar-refractivity contribution in [3.8, 4) is 5.75 Å². The lowest BCUT2D eigenvalue weighted by molar-refractivity contribution is -0.122. The predicted molar refractivity (Wildman–Crippen MR) is 120 cm³/mol. The van der Waals surface area contributed by atoms with Crippen molar-refractivity contribution in [1.29, 1.82) is 0 Å². The van der Waals surface area contributed by atoms with Gasteiger partial charge in [-0.05, 0) is 62.1 Å². The van der Waals surface area contributed by atoms with Crippen molar-refractivity contribution < 1.29 is 14.3 Å². The molecule has 2 aromatic rings. The number of para-hydroxylation sites is 1. The Labute approximate surface area is 183 Å². The number of rotatable bonds is 7. The second-order valence-electron chi connectivity index (χ2n) is 7.77. The van der Waals surface area contributed by atoms with E-state index in [2.05, 4.69) is 10.6 Å². The van der Waals surface area contributed by atoms with Gasteiger partial charge >= 0.3 is 0 Å². The number of hydrogen-bond donors (Lipinski definition) is 2. The summed E-state index contributed by atoms with van der Waals surface area (Å²) in [6, 6.07) is 12.6. The third-order valence-corrected chi connectivity index (χ3v) is 5.87. The van der Waals surface area contributed by atoms with E-state index in [1.165, 1.54) is 6.42 Å². The minimum atomic E-state index is -0.681. The summed E-state index contributed by atoms with van der Waals surface area (Å²) in [5.74, 6) is 0.144.